The lowest BCUT2D eigenvalue weighted by Crippen LogP contribution is -2.43. The SMILES string of the molecule is CCC(O)C#CC#C[Si](C(C)C)(C(C)C)C(C)C. The van der Waals surface area contributed by atoms with Gasteiger partial charge in [0.2, 0.25) is 0 Å². The predicted molar refractivity (Wildman–Crippen MR) is 82.9 cm³/mol. The minimum absolute atomic E-state index is 0.535. The molecular formula is C16H28OSi. The fourth-order valence-corrected chi connectivity index (χ4v) is 7.94. The Morgan fingerprint density at radius 3 is 1.67 bits per heavy atom. The van der Waals surface area contributed by atoms with Crippen molar-refractivity contribution in [2.24, 2.45) is 0 Å². The second-order valence-electron chi connectivity index (χ2n) is 5.84. The monoisotopic (exact) mass is 264 g/mol. The Kier molecular flexibility index (Phi) is 7.37. The Bertz CT molecular complexity index is 338. The van der Waals surface area contributed by atoms with Crippen LogP contribution < -0.4 is 0 Å². The summed E-state index contributed by atoms with van der Waals surface area (Å²) < 4.78 is 0. The molecule has 0 saturated carbocycles. The zero-order valence-corrected chi connectivity index (χ0v) is 14.0. The first-order valence-electron chi connectivity index (χ1n) is 6.99. The molecule has 0 rings (SSSR count). The van der Waals surface area contributed by atoms with E-state index in [9.17, 15) is 5.11 Å². The molecule has 0 aliphatic rings. The topological polar surface area (TPSA) is 20.2 Å². The van der Waals surface area contributed by atoms with Crippen LogP contribution in [0.4, 0.5) is 0 Å². The van der Waals surface area contributed by atoms with Crippen LogP contribution in [0.15, 0.2) is 0 Å². The number of aliphatic hydroxyl groups excluding tert-OH is 1. The van der Waals surface area contributed by atoms with Crippen molar-refractivity contribution >= 4 is 8.07 Å². The third-order valence-electron chi connectivity index (χ3n) is 3.83. The summed E-state index contributed by atoms with van der Waals surface area (Å²) in [5.41, 5.74) is 5.40. The van der Waals surface area contributed by atoms with E-state index in [-0.39, 0.29) is 0 Å². The Morgan fingerprint density at radius 2 is 1.33 bits per heavy atom. The van der Waals surface area contributed by atoms with Gasteiger partial charge in [-0.2, -0.15) is 0 Å². The minimum Gasteiger partial charge on any atom is -0.380 e. The Labute approximate surface area is 114 Å². The molecule has 1 nitrogen and oxygen atoms in total. The molecule has 0 aromatic carbocycles. The van der Waals surface area contributed by atoms with Crippen LogP contribution in [0.2, 0.25) is 16.6 Å². The van der Waals surface area contributed by atoms with E-state index < -0.39 is 14.2 Å². The highest BCUT2D eigenvalue weighted by Crippen LogP contribution is 2.40. The Hall–Kier alpha value is -0.703. The van der Waals surface area contributed by atoms with Crippen molar-refractivity contribution < 1.29 is 5.11 Å². The highest BCUT2D eigenvalue weighted by molar-refractivity contribution is 6.90. The van der Waals surface area contributed by atoms with Gasteiger partial charge in [0, 0.05) is 0 Å². The van der Waals surface area contributed by atoms with Gasteiger partial charge in [-0.05, 0) is 34.9 Å². The van der Waals surface area contributed by atoms with E-state index in [0.717, 1.165) is 0 Å². The van der Waals surface area contributed by atoms with Crippen LogP contribution in [0.25, 0.3) is 0 Å². The first-order chi connectivity index (χ1) is 8.28. The van der Waals surface area contributed by atoms with Gasteiger partial charge >= 0.3 is 0 Å². The van der Waals surface area contributed by atoms with Crippen molar-refractivity contribution in [3.05, 3.63) is 0 Å². The molecule has 2 heteroatoms. The predicted octanol–water partition coefficient (Wildman–Crippen LogP) is 3.98. The minimum atomic E-state index is -1.66. The summed E-state index contributed by atoms with van der Waals surface area (Å²) in [6.07, 6.45) is 0.128. The van der Waals surface area contributed by atoms with E-state index in [1.807, 2.05) is 6.92 Å². The molecule has 0 radical (unpaired) electrons. The highest BCUT2D eigenvalue weighted by Gasteiger charge is 2.41. The molecule has 102 valence electrons. The quantitative estimate of drug-likeness (QED) is 0.601. The van der Waals surface area contributed by atoms with Gasteiger partial charge in [0.05, 0.1) is 0 Å². The van der Waals surface area contributed by atoms with E-state index in [1.54, 1.807) is 0 Å². The highest BCUT2D eigenvalue weighted by atomic mass is 28.3. The average Bonchev–Trinajstić information content (AvgIpc) is 2.27. The molecule has 1 unspecified atom stereocenters. The molecule has 0 aliphatic heterocycles. The molecule has 0 bridgehead atoms. The summed E-state index contributed by atoms with van der Waals surface area (Å²) in [5, 5.41) is 9.38. The van der Waals surface area contributed by atoms with Gasteiger partial charge in [-0.15, -0.1) is 5.54 Å². The largest absolute Gasteiger partial charge is 0.380 e. The molecule has 0 aromatic rings. The van der Waals surface area contributed by atoms with E-state index in [0.29, 0.717) is 23.0 Å². The molecule has 1 atom stereocenters. The van der Waals surface area contributed by atoms with Gasteiger partial charge in [-0.25, -0.2) is 0 Å². The van der Waals surface area contributed by atoms with Gasteiger partial charge in [-0.3, -0.25) is 0 Å². The molecule has 0 saturated heterocycles. The third kappa shape index (κ3) is 4.20. The van der Waals surface area contributed by atoms with Crippen molar-refractivity contribution in [1.29, 1.82) is 0 Å². The molecular weight excluding hydrogens is 236 g/mol. The van der Waals surface area contributed by atoms with Gasteiger partial charge in [0.15, 0.2) is 0 Å². The molecule has 1 N–H and O–H groups in total. The van der Waals surface area contributed by atoms with E-state index in [4.69, 9.17) is 0 Å². The third-order valence-corrected chi connectivity index (χ3v) is 10.1. The Balaban J connectivity index is 5.24. The molecule has 0 fully saturated rings. The molecule has 0 spiro atoms. The molecule has 0 heterocycles. The molecule has 0 aliphatic carbocycles. The lowest BCUT2D eigenvalue weighted by molar-refractivity contribution is 0.228. The maximum atomic E-state index is 9.38. The van der Waals surface area contributed by atoms with Crippen LogP contribution in [0.5, 0.6) is 0 Å². The lowest BCUT2D eigenvalue weighted by Gasteiger charge is -2.37. The zero-order chi connectivity index (χ0) is 14.3. The Morgan fingerprint density at radius 1 is 0.889 bits per heavy atom. The summed E-state index contributed by atoms with van der Waals surface area (Å²) in [4.78, 5) is 0. The van der Waals surface area contributed by atoms with Crippen molar-refractivity contribution in [2.45, 2.75) is 77.6 Å². The second-order valence-corrected chi connectivity index (χ2v) is 11.4. The summed E-state index contributed by atoms with van der Waals surface area (Å²) >= 11 is 0. The van der Waals surface area contributed by atoms with E-state index in [1.165, 1.54) is 0 Å². The van der Waals surface area contributed by atoms with E-state index >= 15 is 0 Å². The fourth-order valence-electron chi connectivity index (χ4n) is 2.79. The van der Waals surface area contributed by atoms with Gasteiger partial charge in [0.25, 0.3) is 0 Å². The van der Waals surface area contributed by atoms with Crippen molar-refractivity contribution in [3.63, 3.8) is 0 Å². The smallest absolute Gasteiger partial charge is 0.147 e. The number of aliphatic hydroxyl groups is 1. The van der Waals surface area contributed by atoms with Crippen LogP contribution in [-0.4, -0.2) is 19.3 Å². The van der Waals surface area contributed by atoms with Gasteiger partial charge in [0.1, 0.15) is 14.2 Å². The fraction of sp³-hybridized carbons (Fsp3) is 0.750. The maximum absolute atomic E-state index is 9.38. The summed E-state index contributed by atoms with van der Waals surface area (Å²) in [6, 6.07) is 0. The van der Waals surface area contributed by atoms with Crippen LogP contribution in [0.1, 0.15) is 54.9 Å². The molecule has 18 heavy (non-hydrogen) atoms. The summed E-state index contributed by atoms with van der Waals surface area (Å²) in [5.74, 6) is 8.63. The van der Waals surface area contributed by atoms with Crippen LogP contribution in [0, 0.1) is 23.3 Å². The van der Waals surface area contributed by atoms with Gasteiger partial charge in [-0.1, -0.05) is 54.4 Å². The zero-order valence-electron chi connectivity index (χ0n) is 13.0. The van der Waals surface area contributed by atoms with Crippen molar-refractivity contribution in [2.75, 3.05) is 0 Å². The molecule has 0 aromatic heterocycles. The number of hydrogen-bond donors (Lipinski definition) is 1. The molecule has 0 amide bonds. The maximum Gasteiger partial charge on any atom is 0.147 e. The summed E-state index contributed by atoms with van der Waals surface area (Å²) in [7, 11) is -1.66. The summed E-state index contributed by atoms with van der Waals surface area (Å²) in [6.45, 7) is 15.6. The van der Waals surface area contributed by atoms with Crippen LogP contribution in [-0.2, 0) is 0 Å². The first kappa shape index (κ1) is 17.3. The first-order valence-corrected chi connectivity index (χ1v) is 9.22. The van der Waals surface area contributed by atoms with Crippen molar-refractivity contribution in [1.82, 2.24) is 0 Å². The standard InChI is InChI=1S/C16H28OSi/c1-8-16(17)11-9-10-12-18(13(2)3,14(4)5)15(6)7/h13-17H,8H2,1-7H3. The average molecular weight is 264 g/mol. The van der Waals surface area contributed by atoms with Gasteiger partial charge < -0.3 is 5.11 Å². The van der Waals surface area contributed by atoms with Crippen molar-refractivity contribution in [3.8, 4) is 23.3 Å². The van der Waals surface area contributed by atoms with E-state index in [2.05, 4.69) is 64.8 Å². The second kappa shape index (κ2) is 7.67. The number of hydrogen-bond acceptors (Lipinski definition) is 1. The normalized spacial score (nSPS) is 13.1. The van der Waals surface area contributed by atoms with Crippen LogP contribution in [0.3, 0.4) is 0 Å². The lowest BCUT2D eigenvalue weighted by atomic mass is 10.3. The van der Waals surface area contributed by atoms with Crippen LogP contribution >= 0.6 is 0 Å². The number of rotatable bonds is 4.